The fraction of sp³-hybridized carbons (Fsp3) is 0.500. The Labute approximate surface area is 130 Å². The summed E-state index contributed by atoms with van der Waals surface area (Å²) in [6.45, 7) is 3.83. The summed E-state index contributed by atoms with van der Waals surface area (Å²) in [4.78, 5) is 14.1. The molecular formula is C14H20Cl2N2O2. The van der Waals surface area contributed by atoms with Crippen molar-refractivity contribution in [3.8, 4) is 0 Å². The summed E-state index contributed by atoms with van der Waals surface area (Å²) >= 11 is 5.94. The first kappa shape index (κ1) is 17.2. The quantitative estimate of drug-likeness (QED) is 0.928. The smallest absolute Gasteiger partial charge is 0.242 e. The topological polar surface area (TPSA) is 41.6 Å². The molecule has 1 aliphatic heterocycles. The first-order chi connectivity index (χ1) is 9.08. The second-order valence-electron chi connectivity index (χ2n) is 4.83. The van der Waals surface area contributed by atoms with Crippen LogP contribution in [0.25, 0.3) is 0 Å². The number of nitrogens with zero attached hydrogens (tertiary/aromatic N) is 1. The highest BCUT2D eigenvalue weighted by Gasteiger charge is 2.30. The molecule has 0 aromatic heterocycles. The highest BCUT2D eigenvalue weighted by molar-refractivity contribution is 6.30. The number of hydrogen-bond acceptors (Lipinski definition) is 3. The fourth-order valence-corrected chi connectivity index (χ4v) is 2.45. The summed E-state index contributed by atoms with van der Waals surface area (Å²) in [6.07, 6.45) is -0.0944. The van der Waals surface area contributed by atoms with Crippen LogP contribution in [0, 0.1) is 0 Å². The molecule has 2 rings (SSSR count). The zero-order valence-electron chi connectivity index (χ0n) is 11.6. The van der Waals surface area contributed by atoms with Crippen molar-refractivity contribution in [2.75, 3.05) is 20.2 Å². The van der Waals surface area contributed by atoms with Gasteiger partial charge >= 0.3 is 0 Å². The van der Waals surface area contributed by atoms with Crippen molar-refractivity contribution in [3.63, 3.8) is 0 Å². The number of ether oxygens (including phenoxy) is 1. The van der Waals surface area contributed by atoms with Gasteiger partial charge in [0.1, 0.15) is 6.04 Å². The van der Waals surface area contributed by atoms with E-state index in [1.165, 1.54) is 0 Å². The van der Waals surface area contributed by atoms with Gasteiger partial charge in [0, 0.05) is 25.2 Å². The van der Waals surface area contributed by atoms with Gasteiger partial charge in [0.25, 0.3) is 0 Å². The molecule has 1 saturated heterocycles. The molecule has 1 fully saturated rings. The van der Waals surface area contributed by atoms with Crippen molar-refractivity contribution in [1.82, 2.24) is 10.2 Å². The van der Waals surface area contributed by atoms with E-state index < -0.39 is 0 Å². The van der Waals surface area contributed by atoms with E-state index in [4.69, 9.17) is 16.3 Å². The van der Waals surface area contributed by atoms with Crippen LogP contribution in [0.3, 0.4) is 0 Å². The number of likely N-dealkylation sites (N-methyl/N-ethyl adjacent to an activating group) is 1. The lowest BCUT2D eigenvalue weighted by molar-refractivity contribution is -0.138. The summed E-state index contributed by atoms with van der Waals surface area (Å²) in [6, 6.07) is 7.29. The monoisotopic (exact) mass is 318 g/mol. The minimum Gasteiger partial charge on any atom is -0.375 e. The normalized spacial score (nSPS) is 21.9. The maximum absolute atomic E-state index is 12.3. The molecule has 4 nitrogen and oxygen atoms in total. The Balaban J connectivity index is 0.00000200. The number of morpholine rings is 1. The molecule has 0 spiro atoms. The van der Waals surface area contributed by atoms with Crippen LogP contribution < -0.4 is 5.32 Å². The first-order valence-electron chi connectivity index (χ1n) is 6.42. The lowest BCUT2D eigenvalue weighted by atomic mass is 10.1. The van der Waals surface area contributed by atoms with Crippen LogP contribution >= 0.6 is 24.0 Å². The van der Waals surface area contributed by atoms with Crippen molar-refractivity contribution < 1.29 is 9.53 Å². The number of amides is 1. The van der Waals surface area contributed by atoms with Crippen LogP contribution in [-0.2, 0) is 16.1 Å². The summed E-state index contributed by atoms with van der Waals surface area (Å²) < 4.78 is 5.50. The summed E-state index contributed by atoms with van der Waals surface area (Å²) in [5.74, 6) is 0.0483. The third-order valence-electron chi connectivity index (χ3n) is 3.27. The van der Waals surface area contributed by atoms with E-state index in [1.54, 1.807) is 11.9 Å². The first-order valence-corrected chi connectivity index (χ1v) is 6.80. The van der Waals surface area contributed by atoms with Crippen molar-refractivity contribution in [2.24, 2.45) is 0 Å². The molecule has 1 N–H and O–H groups in total. The van der Waals surface area contributed by atoms with Crippen LogP contribution in [0.5, 0.6) is 0 Å². The van der Waals surface area contributed by atoms with Crippen LogP contribution in [0.15, 0.2) is 24.3 Å². The van der Waals surface area contributed by atoms with Crippen LogP contribution in [0.2, 0.25) is 5.02 Å². The number of hydrogen-bond donors (Lipinski definition) is 1. The average Bonchev–Trinajstić information content (AvgIpc) is 2.38. The molecule has 1 aliphatic rings. The van der Waals surface area contributed by atoms with Crippen molar-refractivity contribution >= 4 is 29.9 Å². The Bertz CT molecular complexity index is 457. The van der Waals surface area contributed by atoms with E-state index in [-0.39, 0.29) is 30.5 Å². The van der Waals surface area contributed by atoms with Gasteiger partial charge in [0.15, 0.2) is 0 Å². The standard InChI is InChI=1S/C14H19ClN2O2.ClH/c1-10-13(16-6-7-19-10)14(18)17(2)9-11-4-3-5-12(15)8-11;/h3-5,8,10,13,16H,6-7,9H2,1-2H3;1H/t10-,13+;/m1./s1. The van der Waals surface area contributed by atoms with E-state index in [0.29, 0.717) is 24.7 Å². The third-order valence-corrected chi connectivity index (χ3v) is 3.50. The van der Waals surface area contributed by atoms with Crippen molar-refractivity contribution in [3.05, 3.63) is 34.9 Å². The number of carbonyl (C=O) groups is 1. The number of rotatable bonds is 3. The zero-order valence-corrected chi connectivity index (χ0v) is 13.2. The second kappa shape index (κ2) is 7.84. The third kappa shape index (κ3) is 4.35. The highest BCUT2D eigenvalue weighted by atomic mass is 35.5. The van der Waals surface area contributed by atoms with Gasteiger partial charge in [0.05, 0.1) is 12.7 Å². The van der Waals surface area contributed by atoms with Crippen molar-refractivity contribution in [1.29, 1.82) is 0 Å². The van der Waals surface area contributed by atoms with E-state index in [1.807, 2.05) is 31.2 Å². The summed E-state index contributed by atoms with van der Waals surface area (Å²) in [5.41, 5.74) is 1.02. The second-order valence-corrected chi connectivity index (χ2v) is 5.27. The average molecular weight is 319 g/mol. The lowest BCUT2D eigenvalue weighted by Gasteiger charge is -2.32. The van der Waals surface area contributed by atoms with Gasteiger partial charge in [0.2, 0.25) is 5.91 Å². The molecule has 20 heavy (non-hydrogen) atoms. The molecule has 0 saturated carbocycles. The molecule has 6 heteroatoms. The maximum atomic E-state index is 12.3. The van der Waals surface area contributed by atoms with Gasteiger partial charge < -0.3 is 15.0 Å². The number of benzene rings is 1. The largest absolute Gasteiger partial charge is 0.375 e. The number of halogens is 2. The van der Waals surface area contributed by atoms with Gasteiger partial charge in [-0.05, 0) is 24.6 Å². The lowest BCUT2D eigenvalue weighted by Crippen LogP contribution is -2.55. The minimum atomic E-state index is -0.266. The molecule has 0 radical (unpaired) electrons. The molecule has 0 aliphatic carbocycles. The Morgan fingerprint density at radius 3 is 2.95 bits per heavy atom. The molecule has 1 aromatic rings. The summed E-state index contributed by atoms with van der Waals surface area (Å²) in [5, 5.41) is 3.89. The van der Waals surface area contributed by atoms with Gasteiger partial charge in [-0.3, -0.25) is 4.79 Å². The van der Waals surface area contributed by atoms with E-state index in [0.717, 1.165) is 5.56 Å². The van der Waals surface area contributed by atoms with Crippen LogP contribution in [0.4, 0.5) is 0 Å². The van der Waals surface area contributed by atoms with E-state index in [2.05, 4.69) is 5.32 Å². The van der Waals surface area contributed by atoms with E-state index >= 15 is 0 Å². The van der Waals surface area contributed by atoms with Gasteiger partial charge in [-0.1, -0.05) is 23.7 Å². The van der Waals surface area contributed by atoms with E-state index in [9.17, 15) is 4.79 Å². The van der Waals surface area contributed by atoms with Crippen molar-refractivity contribution in [2.45, 2.75) is 25.6 Å². The zero-order chi connectivity index (χ0) is 13.8. The number of carbonyl (C=O) groups excluding carboxylic acids is 1. The summed E-state index contributed by atoms with van der Waals surface area (Å²) in [7, 11) is 1.80. The molecule has 1 aromatic carbocycles. The highest BCUT2D eigenvalue weighted by Crippen LogP contribution is 2.14. The molecule has 112 valence electrons. The van der Waals surface area contributed by atoms with Crippen LogP contribution in [-0.4, -0.2) is 43.2 Å². The molecule has 1 amide bonds. The predicted octanol–water partition coefficient (Wildman–Crippen LogP) is 2.10. The number of nitrogens with one attached hydrogen (secondary N) is 1. The van der Waals surface area contributed by atoms with Gasteiger partial charge in [-0.25, -0.2) is 0 Å². The Hall–Kier alpha value is -0.810. The maximum Gasteiger partial charge on any atom is 0.242 e. The molecule has 0 unspecified atom stereocenters. The molecule has 0 bridgehead atoms. The van der Waals surface area contributed by atoms with Crippen LogP contribution in [0.1, 0.15) is 12.5 Å². The predicted molar refractivity (Wildman–Crippen MR) is 82.4 cm³/mol. The van der Waals surface area contributed by atoms with Gasteiger partial charge in [-0.15, -0.1) is 12.4 Å². The fourth-order valence-electron chi connectivity index (χ4n) is 2.23. The Morgan fingerprint density at radius 1 is 1.55 bits per heavy atom. The SMILES string of the molecule is C[C@H]1OCCN[C@@H]1C(=O)N(C)Cc1cccc(Cl)c1.Cl. The molecule has 1 heterocycles. The molecule has 2 atom stereocenters. The minimum absolute atomic E-state index is 0. The Kier molecular flexibility index (Phi) is 6.76. The Morgan fingerprint density at radius 2 is 2.30 bits per heavy atom. The molecular weight excluding hydrogens is 299 g/mol. The van der Waals surface area contributed by atoms with Gasteiger partial charge in [-0.2, -0.15) is 0 Å².